The standard InChI is InChI=1S/C47H30N2/c1-46(2)41-24-28(27-48)18-21-32(41)33-22-19-30(26-42(33)46)29-20-23-38-36(25-29)31-10-3-5-13-37(31)47(38)39-14-6-8-17-44(39)49-43-16-7-4-11-34(43)35-12-9-15-40(47)45(35)49/h3-26H,1-2H3. The number of para-hydroxylation sites is 3. The maximum Gasteiger partial charge on any atom is 0.0991 e. The van der Waals surface area contributed by atoms with E-state index in [9.17, 15) is 5.26 Å². The van der Waals surface area contributed by atoms with Gasteiger partial charge in [0.1, 0.15) is 0 Å². The molecule has 1 aliphatic heterocycles. The van der Waals surface area contributed by atoms with E-state index in [0.29, 0.717) is 5.56 Å². The zero-order valence-corrected chi connectivity index (χ0v) is 27.3. The van der Waals surface area contributed by atoms with Crippen LogP contribution in [-0.2, 0) is 10.8 Å². The summed E-state index contributed by atoms with van der Waals surface area (Å²) >= 11 is 0. The van der Waals surface area contributed by atoms with Crippen LogP contribution in [0.2, 0.25) is 0 Å². The van der Waals surface area contributed by atoms with Crippen molar-refractivity contribution in [1.82, 2.24) is 4.57 Å². The minimum absolute atomic E-state index is 0.191. The van der Waals surface area contributed by atoms with Crippen LogP contribution in [-0.4, -0.2) is 4.57 Å². The zero-order chi connectivity index (χ0) is 32.6. The van der Waals surface area contributed by atoms with Crippen molar-refractivity contribution in [1.29, 1.82) is 5.26 Å². The second-order valence-electron chi connectivity index (χ2n) is 14.4. The molecule has 49 heavy (non-hydrogen) atoms. The molecule has 0 bridgehead atoms. The fourth-order valence-electron chi connectivity index (χ4n) is 9.73. The summed E-state index contributed by atoms with van der Waals surface area (Å²) in [6.07, 6.45) is 0. The lowest BCUT2D eigenvalue weighted by molar-refractivity contribution is 0.660. The fourth-order valence-corrected chi connectivity index (χ4v) is 9.73. The zero-order valence-electron chi connectivity index (χ0n) is 27.3. The molecule has 0 amide bonds. The third-order valence-electron chi connectivity index (χ3n) is 11.8. The summed E-state index contributed by atoms with van der Waals surface area (Å²) < 4.78 is 2.50. The van der Waals surface area contributed by atoms with Crippen LogP contribution in [0.5, 0.6) is 0 Å². The first-order chi connectivity index (χ1) is 24.0. The Morgan fingerprint density at radius 1 is 0.490 bits per heavy atom. The minimum Gasteiger partial charge on any atom is -0.309 e. The van der Waals surface area contributed by atoms with E-state index in [1.807, 2.05) is 6.07 Å². The molecule has 1 spiro atoms. The Balaban J connectivity index is 1.17. The van der Waals surface area contributed by atoms with Crippen LogP contribution in [0, 0.1) is 11.3 Å². The van der Waals surface area contributed by atoms with Crippen LogP contribution >= 0.6 is 0 Å². The highest BCUT2D eigenvalue weighted by Gasteiger charge is 2.50. The second-order valence-corrected chi connectivity index (χ2v) is 14.4. The van der Waals surface area contributed by atoms with E-state index in [0.717, 1.165) is 0 Å². The van der Waals surface area contributed by atoms with Crippen LogP contribution < -0.4 is 0 Å². The third kappa shape index (κ3) is 3.12. The second kappa shape index (κ2) is 9.04. The molecule has 0 saturated carbocycles. The van der Waals surface area contributed by atoms with Gasteiger partial charge in [0.25, 0.3) is 0 Å². The molecule has 0 radical (unpaired) electrons. The average Bonchev–Trinajstić information content (AvgIpc) is 3.72. The van der Waals surface area contributed by atoms with E-state index in [1.165, 1.54) is 94.3 Å². The predicted octanol–water partition coefficient (Wildman–Crippen LogP) is 11.3. The van der Waals surface area contributed by atoms with Crippen LogP contribution in [0.4, 0.5) is 0 Å². The summed E-state index contributed by atoms with van der Waals surface area (Å²) in [5.74, 6) is 0. The molecule has 1 unspecified atom stereocenters. The van der Waals surface area contributed by atoms with Gasteiger partial charge in [0.2, 0.25) is 0 Å². The van der Waals surface area contributed by atoms with E-state index >= 15 is 0 Å². The number of aromatic nitrogens is 1. The molecule has 2 nitrogen and oxygen atoms in total. The highest BCUT2D eigenvalue weighted by molar-refractivity contribution is 6.12. The molecule has 2 aliphatic carbocycles. The van der Waals surface area contributed by atoms with Crippen molar-refractivity contribution in [3.05, 3.63) is 185 Å². The van der Waals surface area contributed by atoms with Crippen molar-refractivity contribution in [2.75, 3.05) is 0 Å². The molecule has 0 fully saturated rings. The van der Waals surface area contributed by atoms with Crippen molar-refractivity contribution in [2.45, 2.75) is 24.7 Å². The highest BCUT2D eigenvalue weighted by Crippen LogP contribution is 2.61. The van der Waals surface area contributed by atoms with Crippen molar-refractivity contribution >= 4 is 21.8 Å². The van der Waals surface area contributed by atoms with Crippen molar-refractivity contribution in [3.63, 3.8) is 0 Å². The monoisotopic (exact) mass is 622 g/mol. The minimum atomic E-state index is -0.440. The molecule has 2 heteroatoms. The van der Waals surface area contributed by atoms with E-state index in [2.05, 4.69) is 164 Å². The molecule has 1 aromatic heterocycles. The Morgan fingerprint density at radius 3 is 2.00 bits per heavy atom. The molecule has 3 aliphatic rings. The lowest BCUT2D eigenvalue weighted by Gasteiger charge is -2.39. The first-order valence-corrected chi connectivity index (χ1v) is 17.1. The normalized spacial score (nSPS) is 17.0. The van der Waals surface area contributed by atoms with Gasteiger partial charge in [0, 0.05) is 16.2 Å². The molecule has 0 saturated heterocycles. The van der Waals surface area contributed by atoms with Gasteiger partial charge in [-0.05, 0) is 103 Å². The summed E-state index contributed by atoms with van der Waals surface area (Å²) in [7, 11) is 0. The maximum absolute atomic E-state index is 9.61. The molecule has 2 heterocycles. The summed E-state index contributed by atoms with van der Waals surface area (Å²) in [5.41, 5.74) is 19.3. The predicted molar refractivity (Wildman–Crippen MR) is 199 cm³/mol. The van der Waals surface area contributed by atoms with Gasteiger partial charge < -0.3 is 4.57 Å². The van der Waals surface area contributed by atoms with Gasteiger partial charge in [-0.1, -0.05) is 123 Å². The maximum atomic E-state index is 9.61. The van der Waals surface area contributed by atoms with E-state index in [-0.39, 0.29) is 5.41 Å². The van der Waals surface area contributed by atoms with Crippen molar-refractivity contribution in [2.24, 2.45) is 0 Å². The van der Waals surface area contributed by atoms with E-state index < -0.39 is 5.41 Å². The summed E-state index contributed by atoms with van der Waals surface area (Å²) in [6, 6.07) is 56.4. The van der Waals surface area contributed by atoms with Gasteiger partial charge in [-0.3, -0.25) is 0 Å². The van der Waals surface area contributed by atoms with Gasteiger partial charge in [-0.15, -0.1) is 0 Å². The number of hydrogen-bond donors (Lipinski definition) is 0. The van der Waals surface area contributed by atoms with Gasteiger partial charge in [-0.25, -0.2) is 0 Å². The van der Waals surface area contributed by atoms with Gasteiger partial charge in [-0.2, -0.15) is 5.26 Å². The number of rotatable bonds is 1. The van der Waals surface area contributed by atoms with Gasteiger partial charge in [0.15, 0.2) is 0 Å². The average molecular weight is 623 g/mol. The van der Waals surface area contributed by atoms with E-state index in [4.69, 9.17) is 0 Å². The Bertz CT molecular complexity index is 2820. The molecular formula is C47H30N2. The van der Waals surface area contributed by atoms with Crippen LogP contribution in [0.25, 0.3) is 60.9 Å². The highest BCUT2D eigenvalue weighted by atomic mass is 15.0. The number of fused-ring (bicyclic) bond motifs is 15. The molecule has 8 aromatic rings. The SMILES string of the molecule is CC1(C)c2cc(C#N)ccc2-c2ccc(-c3ccc4c(c3)-c3ccccc3C43c4ccccc4-n4c5ccccc5c5cccc3c54)cc21. The Kier molecular flexibility index (Phi) is 4.95. The molecular weight excluding hydrogens is 593 g/mol. The van der Waals surface area contributed by atoms with Crippen LogP contribution in [0.1, 0.15) is 52.8 Å². The number of nitriles is 1. The fraction of sp³-hybridized carbons (Fsp3) is 0.0851. The number of benzene rings is 7. The smallest absolute Gasteiger partial charge is 0.0991 e. The molecule has 1 atom stereocenters. The Hall–Kier alpha value is -6.17. The lowest BCUT2D eigenvalue weighted by atomic mass is 9.65. The number of hydrogen-bond acceptors (Lipinski definition) is 1. The lowest BCUT2D eigenvalue weighted by Crippen LogP contribution is -2.33. The van der Waals surface area contributed by atoms with Crippen LogP contribution in [0.3, 0.4) is 0 Å². The molecule has 228 valence electrons. The van der Waals surface area contributed by atoms with Gasteiger partial charge >= 0.3 is 0 Å². The molecule has 0 N–H and O–H groups in total. The van der Waals surface area contributed by atoms with Crippen LogP contribution in [0.15, 0.2) is 146 Å². The summed E-state index contributed by atoms with van der Waals surface area (Å²) in [5, 5.41) is 12.2. The Morgan fingerprint density at radius 2 is 1.12 bits per heavy atom. The number of nitrogens with zero attached hydrogens (tertiary/aromatic N) is 2. The summed E-state index contributed by atoms with van der Waals surface area (Å²) in [6.45, 7) is 4.57. The molecule has 7 aromatic carbocycles. The quantitative estimate of drug-likeness (QED) is 0.179. The Labute approximate surface area is 285 Å². The van der Waals surface area contributed by atoms with Crippen molar-refractivity contribution in [3.8, 4) is 45.1 Å². The third-order valence-corrected chi connectivity index (χ3v) is 11.8. The van der Waals surface area contributed by atoms with Crippen molar-refractivity contribution < 1.29 is 0 Å². The topological polar surface area (TPSA) is 28.7 Å². The first kappa shape index (κ1) is 26.9. The molecule has 11 rings (SSSR count). The van der Waals surface area contributed by atoms with Gasteiger partial charge in [0.05, 0.1) is 33.8 Å². The van der Waals surface area contributed by atoms with E-state index in [1.54, 1.807) is 0 Å². The largest absolute Gasteiger partial charge is 0.309 e. The summed E-state index contributed by atoms with van der Waals surface area (Å²) in [4.78, 5) is 0. The first-order valence-electron chi connectivity index (χ1n) is 17.1.